The molecule has 3 N–H and O–H groups in total. The van der Waals surface area contributed by atoms with E-state index in [0.717, 1.165) is 10.2 Å². The molecule has 0 spiro atoms. The number of nitriles is 1. The molecule has 0 radical (unpaired) electrons. The van der Waals surface area contributed by atoms with Crippen molar-refractivity contribution >= 4 is 21.8 Å². The Kier molecular flexibility index (Phi) is 8.34. The molecule has 43 heavy (non-hydrogen) atoms. The Hall–Kier alpha value is -4.92. The monoisotopic (exact) mass is 646 g/mol. The Morgan fingerprint density at radius 2 is 1.72 bits per heavy atom. The molecule has 7 nitrogen and oxygen atoms in total. The number of alkyl halides is 3. The van der Waals surface area contributed by atoms with Crippen LogP contribution in [0.25, 0.3) is 16.8 Å². The maximum atomic E-state index is 14.3. The van der Waals surface area contributed by atoms with Gasteiger partial charge in [-0.2, -0.15) is 23.5 Å². The molecule has 0 aliphatic carbocycles. The van der Waals surface area contributed by atoms with Crippen LogP contribution in [-0.2, 0) is 12.8 Å². The molecule has 5 aromatic rings. The van der Waals surface area contributed by atoms with Crippen LogP contribution in [0.2, 0.25) is 0 Å². The molecule has 0 aliphatic rings. The zero-order chi connectivity index (χ0) is 30.7. The van der Waals surface area contributed by atoms with Gasteiger partial charge in [-0.05, 0) is 74.6 Å². The number of amides is 1. The number of ether oxygens (including phenoxy) is 1. The molecule has 1 atom stereocenters. The zero-order valence-corrected chi connectivity index (χ0v) is 23.8. The molecule has 11 heteroatoms. The van der Waals surface area contributed by atoms with Crippen LogP contribution in [0.1, 0.15) is 44.5 Å². The predicted octanol–water partition coefficient (Wildman–Crippen LogP) is 6.95. The first-order valence-corrected chi connectivity index (χ1v) is 13.6. The van der Waals surface area contributed by atoms with Gasteiger partial charge in [-0.25, -0.2) is 4.68 Å². The summed E-state index contributed by atoms with van der Waals surface area (Å²) >= 11 is 3.46. The summed E-state index contributed by atoms with van der Waals surface area (Å²) in [4.78, 5) is 12.6. The average molecular weight is 647 g/mol. The molecular weight excluding hydrogens is 625 g/mol. The van der Waals surface area contributed by atoms with Crippen molar-refractivity contribution in [3.05, 3.63) is 135 Å². The molecule has 1 unspecified atom stereocenters. The minimum absolute atomic E-state index is 0.0257. The number of aliphatic hydroxyl groups is 1. The van der Waals surface area contributed by atoms with Crippen LogP contribution in [0, 0.1) is 11.3 Å². The summed E-state index contributed by atoms with van der Waals surface area (Å²) in [6.45, 7) is 0.335. The summed E-state index contributed by atoms with van der Waals surface area (Å²) in [7, 11) is 0. The number of halogens is 4. The lowest BCUT2D eigenvalue weighted by molar-refractivity contribution is -0.140. The number of primary amides is 1. The number of nitrogens with zero attached hydrogens (tertiary/aromatic N) is 3. The Balaban J connectivity index is 1.53. The summed E-state index contributed by atoms with van der Waals surface area (Å²) in [5.74, 6) is -0.608. The molecule has 0 aliphatic heterocycles. The summed E-state index contributed by atoms with van der Waals surface area (Å²) in [5, 5.41) is 24.2. The smallest absolute Gasteiger partial charge is 0.435 e. The number of aromatic nitrogens is 2. The van der Waals surface area contributed by atoms with Gasteiger partial charge in [0, 0.05) is 5.56 Å². The van der Waals surface area contributed by atoms with E-state index in [-0.39, 0.29) is 22.4 Å². The van der Waals surface area contributed by atoms with Crippen LogP contribution in [0.4, 0.5) is 13.2 Å². The number of rotatable bonds is 8. The molecule has 1 aromatic heterocycles. The fourth-order valence-electron chi connectivity index (χ4n) is 4.61. The van der Waals surface area contributed by atoms with Crippen molar-refractivity contribution in [2.75, 3.05) is 0 Å². The molecule has 5 rings (SSSR count). The first-order chi connectivity index (χ1) is 20.6. The highest BCUT2D eigenvalue weighted by Gasteiger charge is 2.41. The van der Waals surface area contributed by atoms with Crippen molar-refractivity contribution in [1.29, 1.82) is 5.26 Å². The standard InChI is InChI=1S/C32H22BrF3N4O3/c33-25-16-23(12-13-26(25)43-18-19-6-2-1-3-7-19)29(41)22-10-5-9-21(15-22)27-28(31(38)42)40(39-30(27)32(34,35)36)24-11-4-8-20(14-24)17-37/h1-16,29,41H,18H2,(H2,38,42). The Morgan fingerprint density at radius 1 is 1.00 bits per heavy atom. The Labute approximate surface area is 252 Å². The second kappa shape index (κ2) is 12.1. The molecule has 4 aromatic carbocycles. The summed E-state index contributed by atoms with van der Waals surface area (Å²) in [6, 6.07) is 27.9. The third-order valence-electron chi connectivity index (χ3n) is 6.61. The molecule has 0 bridgehead atoms. The first-order valence-electron chi connectivity index (χ1n) is 12.8. The van der Waals surface area contributed by atoms with E-state index in [1.165, 1.54) is 42.5 Å². The van der Waals surface area contributed by atoms with E-state index in [9.17, 15) is 28.3 Å². The summed E-state index contributed by atoms with van der Waals surface area (Å²) in [5.41, 5.74) is 5.09. The summed E-state index contributed by atoms with van der Waals surface area (Å²) in [6.07, 6.45) is -6.18. The first kappa shape index (κ1) is 29.6. The average Bonchev–Trinajstić information content (AvgIpc) is 3.43. The third kappa shape index (κ3) is 6.30. The van der Waals surface area contributed by atoms with Crippen molar-refractivity contribution in [2.45, 2.75) is 18.9 Å². The van der Waals surface area contributed by atoms with Crippen molar-refractivity contribution < 1.29 is 27.8 Å². The van der Waals surface area contributed by atoms with E-state index in [1.54, 1.807) is 24.3 Å². The van der Waals surface area contributed by atoms with E-state index < -0.39 is 35.1 Å². The molecule has 0 saturated carbocycles. The van der Waals surface area contributed by atoms with E-state index in [0.29, 0.717) is 22.4 Å². The normalized spacial score (nSPS) is 12.0. The zero-order valence-electron chi connectivity index (χ0n) is 22.2. The fraction of sp³-hybridized carbons (Fsp3) is 0.0938. The molecular formula is C32H22BrF3N4O3. The lowest BCUT2D eigenvalue weighted by atomic mass is 9.95. The Bertz CT molecular complexity index is 1850. The van der Waals surface area contributed by atoms with Gasteiger partial charge in [0.25, 0.3) is 5.91 Å². The van der Waals surface area contributed by atoms with E-state index in [4.69, 9.17) is 10.5 Å². The number of carbonyl (C=O) groups excluding carboxylic acids is 1. The van der Waals surface area contributed by atoms with E-state index >= 15 is 0 Å². The van der Waals surface area contributed by atoms with Gasteiger partial charge in [-0.15, -0.1) is 0 Å². The Morgan fingerprint density at radius 3 is 2.40 bits per heavy atom. The quantitative estimate of drug-likeness (QED) is 0.189. The van der Waals surface area contributed by atoms with E-state index in [1.807, 2.05) is 36.4 Å². The minimum atomic E-state index is -4.95. The van der Waals surface area contributed by atoms with Gasteiger partial charge in [0.15, 0.2) is 5.69 Å². The number of hydrogen-bond acceptors (Lipinski definition) is 5. The molecule has 1 heterocycles. The maximum absolute atomic E-state index is 14.3. The SMILES string of the molecule is N#Cc1cccc(-n2nc(C(F)(F)F)c(-c3cccc(C(O)c4ccc(OCc5ccccc5)c(Br)c4)c3)c2C(N)=O)c1. The van der Waals surface area contributed by atoms with Crippen LogP contribution in [0.3, 0.4) is 0 Å². The highest BCUT2D eigenvalue weighted by molar-refractivity contribution is 9.10. The van der Waals surface area contributed by atoms with Crippen LogP contribution >= 0.6 is 15.9 Å². The van der Waals surface area contributed by atoms with Crippen LogP contribution in [-0.4, -0.2) is 20.8 Å². The maximum Gasteiger partial charge on any atom is 0.435 e. The second-order valence-electron chi connectivity index (χ2n) is 9.50. The van der Waals surface area contributed by atoms with Gasteiger partial charge in [0.05, 0.1) is 21.8 Å². The highest BCUT2D eigenvalue weighted by atomic mass is 79.9. The van der Waals surface area contributed by atoms with Crippen molar-refractivity contribution in [3.8, 4) is 28.6 Å². The molecule has 1 amide bonds. The van der Waals surface area contributed by atoms with Crippen molar-refractivity contribution in [2.24, 2.45) is 5.73 Å². The van der Waals surface area contributed by atoms with Gasteiger partial charge in [-0.1, -0.05) is 60.7 Å². The number of nitrogens with two attached hydrogens (primary N) is 1. The number of aliphatic hydroxyl groups excluding tert-OH is 1. The van der Waals surface area contributed by atoms with Gasteiger partial charge in [-0.3, -0.25) is 4.79 Å². The third-order valence-corrected chi connectivity index (χ3v) is 7.23. The van der Waals surface area contributed by atoms with Crippen LogP contribution in [0.15, 0.2) is 102 Å². The van der Waals surface area contributed by atoms with Gasteiger partial charge < -0.3 is 15.6 Å². The van der Waals surface area contributed by atoms with Crippen LogP contribution < -0.4 is 10.5 Å². The molecule has 0 fully saturated rings. The van der Waals surface area contributed by atoms with Crippen LogP contribution in [0.5, 0.6) is 5.75 Å². The van der Waals surface area contributed by atoms with Gasteiger partial charge in [0.2, 0.25) is 0 Å². The topological polar surface area (TPSA) is 114 Å². The second-order valence-corrected chi connectivity index (χ2v) is 10.4. The minimum Gasteiger partial charge on any atom is -0.488 e. The number of carbonyl (C=O) groups is 1. The fourth-order valence-corrected chi connectivity index (χ4v) is 5.12. The molecule has 0 saturated heterocycles. The number of benzene rings is 4. The predicted molar refractivity (Wildman–Crippen MR) is 156 cm³/mol. The van der Waals surface area contributed by atoms with Crippen molar-refractivity contribution in [1.82, 2.24) is 9.78 Å². The number of hydrogen-bond donors (Lipinski definition) is 2. The highest BCUT2D eigenvalue weighted by Crippen LogP contribution is 2.40. The largest absolute Gasteiger partial charge is 0.488 e. The molecule has 216 valence electrons. The van der Waals surface area contributed by atoms with Gasteiger partial charge >= 0.3 is 6.18 Å². The van der Waals surface area contributed by atoms with E-state index in [2.05, 4.69) is 21.0 Å². The van der Waals surface area contributed by atoms with Gasteiger partial charge in [0.1, 0.15) is 24.2 Å². The summed E-state index contributed by atoms with van der Waals surface area (Å²) < 4.78 is 50.1. The lowest BCUT2D eigenvalue weighted by Crippen LogP contribution is -2.18. The lowest BCUT2D eigenvalue weighted by Gasteiger charge is -2.16. The van der Waals surface area contributed by atoms with Crippen molar-refractivity contribution in [3.63, 3.8) is 0 Å².